The van der Waals surface area contributed by atoms with Crippen LogP contribution in [0.2, 0.25) is 16.6 Å². The van der Waals surface area contributed by atoms with Crippen LogP contribution in [0.1, 0.15) is 54.4 Å². The fraction of sp³-hybridized carbons (Fsp3) is 0.700. The summed E-state index contributed by atoms with van der Waals surface area (Å²) < 4.78 is 11.0. The molecule has 0 bridgehead atoms. The highest BCUT2D eigenvalue weighted by Crippen LogP contribution is 2.42. The number of aliphatic carboxylic acids is 1. The van der Waals surface area contributed by atoms with Crippen LogP contribution in [0.15, 0.2) is 12.2 Å². The van der Waals surface area contributed by atoms with Gasteiger partial charge in [0.1, 0.15) is 0 Å². The second-order valence-electron chi connectivity index (χ2n) is 7.56. The number of hydrogen-bond acceptors (Lipinski definition) is 4. The summed E-state index contributed by atoms with van der Waals surface area (Å²) in [7, 11) is -0.817. The molecule has 0 aromatic carbocycles. The van der Waals surface area contributed by atoms with E-state index in [9.17, 15) is 14.7 Å². The lowest BCUT2D eigenvalue weighted by Gasteiger charge is -2.41. The minimum absolute atomic E-state index is 0.0256. The van der Waals surface area contributed by atoms with E-state index in [1.54, 1.807) is 12.2 Å². The third kappa shape index (κ3) is 5.21. The van der Waals surface area contributed by atoms with Gasteiger partial charge in [-0.3, -0.25) is 9.59 Å². The molecule has 0 amide bonds. The van der Waals surface area contributed by atoms with E-state index >= 15 is 0 Å². The summed E-state index contributed by atoms with van der Waals surface area (Å²) in [5.74, 6) is 0.170. The van der Waals surface area contributed by atoms with Crippen molar-refractivity contribution in [3.05, 3.63) is 12.2 Å². The summed E-state index contributed by atoms with van der Waals surface area (Å²) in [6.07, 6.45) is 8.46. The van der Waals surface area contributed by atoms with Crippen LogP contribution < -0.4 is 0 Å². The lowest BCUT2D eigenvalue weighted by molar-refractivity contribution is -0.166. The van der Waals surface area contributed by atoms with Crippen molar-refractivity contribution in [3.63, 3.8) is 0 Å². The molecule has 1 atom stereocenters. The van der Waals surface area contributed by atoms with E-state index in [0.717, 1.165) is 7.11 Å². The molecule has 0 saturated carbocycles. The molecule has 1 N–H and O–H groups in total. The maximum atomic E-state index is 12.0. The fourth-order valence-corrected chi connectivity index (χ4v) is 9.28. The molecule has 0 aromatic heterocycles. The molecular weight excluding hydrogens is 348 g/mol. The van der Waals surface area contributed by atoms with E-state index < -0.39 is 25.7 Å². The molecule has 0 heterocycles. The summed E-state index contributed by atoms with van der Waals surface area (Å²) >= 11 is 0. The summed E-state index contributed by atoms with van der Waals surface area (Å²) in [5, 5.41) is 9.51. The molecule has 0 aromatic rings. The fourth-order valence-electron chi connectivity index (χ4n) is 3.89. The number of methoxy groups -OCH3 is 1. The molecule has 148 valence electrons. The average Bonchev–Trinajstić information content (AvgIpc) is 2.54. The molecule has 0 spiro atoms. The van der Waals surface area contributed by atoms with E-state index in [-0.39, 0.29) is 12.8 Å². The maximum absolute atomic E-state index is 12.0. The Morgan fingerprint density at radius 2 is 1.62 bits per heavy atom. The Bertz CT molecular complexity index is 523. The molecule has 0 aliphatic rings. The van der Waals surface area contributed by atoms with Gasteiger partial charge in [-0.25, -0.2) is 0 Å². The number of ether oxygens (including phenoxy) is 1. The van der Waals surface area contributed by atoms with Crippen molar-refractivity contribution in [1.29, 1.82) is 0 Å². The van der Waals surface area contributed by atoms with Crippen molar-refractivity contribution >= 4 is 20.3 Å². The van der Waals surface area contributed by atoms with Crippen LogP contribution >= 0.6 is 0 Å². The van der Waals surface area contributed by atoms with Crippen LogP contribution in [-0.2, 0) is 18.8 Å². The molecule has 5 nitrogen and oxygen atoms in total. The number of esters is 1. The predicted octanol–water partition coefficient (Wildman–Crippen LogP) is 4.39. The zero-order valence-electron chi connectivity index (χ0n) is 17.2. The summed E-state index contributed by atoms with van der Waals surface area (Å²) in [6, 6.07) is 0. The monoisotopic (exact) mass is 382 g/mol. The first kappa shape index (κ1) is 24.4. The largest absolute Gasteiger partial charge is 0.480 e. The van der Waals surface area contributed by atoms with E-state index in [2.05, 4.69) is 52.2 Å². The van der Waals surface area contributed by atoms with Crippen LogP contribution in [0, 0.1) is 17.8 Å². The van der Waals surface area contributed by atoms with Crippen LogP contribution in [0.4, 0.5) is 0 Å². The third-order valence-electron chi connectivity index (χ3n) is 5.16. The second-order valence-corrected chi connectivity index (χ2v) is 13.0. The maximum Gasteiger partial charge on any atom is 0.324 e. The van der Waals surface area contributed by atoms with Crippen LogP contribution in [0.25, 0.3) is 0 Å². The van der Waals surface area contributed by atoms with Gasteiger partial charge in [0.25, 0.3) is 0 Å². The number of carbonyl (C=O) groups excluding carboxylic acids is 1. The first-order chi connectivity index (χ1) is 12.0. The first-order valence-corrected chi connectivity index (χ1v) is 11.2. The highest BCUT2D eigenvalue weighted by Gasteiger charge is 2.46. The number of carbonyl (C=O) groups is 2. The Morgan fingerprint density at radius 3 is 1.96 bits per heavy atom. The normalized spacial score (nSPS) is 14.7. The zero-order chi connectivity index (χ0) is 20.5. The van der Waals surface area contributed by atoms with Crippen molar-refractivity contribution in [2.24, 2.45) is 5.41 Å². The molecule has 0 aliphatic carbocycles. The number of terminal acetylenes is 1. The summed E-state index contributed by atoms with van der Waals surface area (Å²) in [4.78, 5) is 23.6. The highest BCUT2D eigenvalue weighted by molar-refractivity contribution is 6.77. The molecule has 6 heteroatoms. The minimum atomic E-state index is -1.98. The molecule has 0 aliphatic heterocycles. The van der Waals surface area contributed by atoms with Crippen molar-refractivity contribution in [2.45, 2.75) is 71.0 Å². The van der Waals surface area contributed by atoms with Crippen molar-refractivity contribution in [3.8, 4) is 12.3 Å². The van der Waals surface area contributed by atoms with Gasteiger partial charge in [-0.1, -0.05) is 53.7 Å². The second kappa shape index (κ2) is 10.5. The summed E-state index contributed by atoms with van der Waals surface area (Å²) in [6.45, 7) is 13.6. The Kier molecular flexibility index (Phi) is 9.90. The van der Waals surface area contributed by atoms with Gasteiger partial charge >= 0.3 is 11.9 Å². The molecule has 1 unspecified atom stereocenters. The summed E-state index contributed by atoms with van der Waals surface area (Å²) in [5.41, 5.74) is -0.357. The molecule has 0 saturated heterocycles. The number of carboxylic acids is 1. The smallest absolute Gasteiger partial charge is 0.324 e. The zero-order valence-corrected chi connectivity index (χ0v) is 18.2. The molecule has 0 radical (unpaired) electrons. The lowest BCUT2D eigenvalue weighted by Crippen LogP contribution is -2.47. The van der Waals surface area contributed by atoms with E-state index in [4.69, 9.17) is 10.8 Å². The number of allylic oxidation sites excluding steroid dienone is 1. The number of carboxylic acid groups (broad SMARTS) is 1. The molecular formula is C20H34O5Si. The van der Waals surface area contributed by atoms with Gasteiger partial charge in [-0.15, -0.1) is 12.3 Å². The van der Waals surface area contributed by atoms with Crippen LogP contribution in [0.5, 0.6) is 0 Å². The number of rotatable bonds is 11. The molecule has 26 heavy (non-hydrogen) atoms. The Morgan fingerprint density at radius 1 is 1.12 bits per heavy atom. The van der Waals surface area contributed by atoms with Gasteiger partial charge in [0.2, 0.25) is 8.32 Å². The van der Waals surface area contributed by atoms with Crippen LogP contribution in [-0.4, -0.2) is 39.1 Å². The van der Waals surface area contributed by atoms with Crippen molar-refractivity contribution < 1.29 is 23.9 Å². The van der Waals surface area contributed by atoms with E-state index in [0.29, 0.717) is 23.2 Å². The van der Waals surface area contributed by atoms with Gasteiger partial charge in [0.15, 0.2) is 5.41 Å². The Labute approximate surface area is 159 Å². The van der Waals surface area contributed by atoms with Crippen molar-refractivity contribution in [1.82, 2.24) is 0 Å². The van der Waals surface area contributed by atoms with Gasteiger partial charge in [-0.2, -0.15) is 0 Å². The van der Waals surface area contributed by atoms with E-state index in [1.807, 2.05) is 0 Å². The van der Waals surface area contributed by atoms with Crippen molar-refractivity contribution in [2.75, 3.05) is 13.7 Å². The Hall–Kier alpha value is -1.58. The topological polar surface area (TPSA) is 72.8 Å². The van der Waals surface area contributed by atoms with Gasteiger partial charge in [0.05, 0.1) is 13.7 Å². The SMILES string of the molecule is C#CCC(C/C=C/CO[Si](C(C)C)(C(C)C)C(C)C)(C(=O)O)C(=O)OC. The van der Waals surface area contributed by atoms with Crippen LogP contribution in [0.3, 0.4) is 0 Å². The first-order valence-electron chi connectivity index (χ1n) is 9.07. The van der Waals surface area contributed by atoms with Gasteiger partial charge in [0, 0.05) is 6.42 Å². The number of hydrogen-bond donors (Lipinski definition) is 1. The molecule has 0 rings (SSSR count). The van der Waals surface area contributed by atoms with Gasteiger partial charge in [-0.05, 0) is 23.0 Å². The van der Waals surface area contributed by atoms with Gasteiger partial charge < -0.3 is 14.3 Å². The Balaban J connectivity index is 5.25. The predicted molar refractivity (Wildman–Crippen MR) is 106 cm³/mol. The minimum Gasteiger partial charge on any atom is -0.480 e. The average molecular weight is 383 g/mol. The lowest BCUT2D eigenvalue weighted by atomic mass is 9.81. The highest BCUT2D eigenvalue weighted by atomic mass is 28.4. The van der Waals surface area contributed by atoms with E-state index in [1.165, 1.54) is 0 Å². The quantitative estimate of drug-likeness (QED) is 0.189. The molecule has 0 fully saturated rings. The third-order valence-corrected chi connectivity index (χ3v) is 11.2. The standard InChI is InChI=1S/C20H34O5Si/c1-9-12-20(18(21)22,19(23)24-8)13-10-11-14-25-26(15(2)3,16(4)5)17(6)7/h1,10-11,15-17H,12-14H2,2-8H3,(H,21,22)/b11-10+.